The molecule has 0 spiro atoms. The highest BCUT2D eigenvalue weighted by atomic mass is 16.5. The number of hydrogen-bond acceptors (Lipinski definition) is 5. The number of benzene rings is 2. The first-order chi connectivity index (χ1) is 14.4. The molecule has 5 nitrogen and oxygen atoms in total. The molecule has 0 amide bonds. The van der Waals surface area contributed by atoms with Crippen LogP contribution in [-0.4, -0.2) is 38.1 Å². The van der Waals surface area contributed by atoms with Crippen molar-refractivity contribution < 1.29 is 19.3 Å². The minimum absolute atomic E-state index is 0.125. The molecule has 2 aromatic rings. The molecule has 0 aromatic heterocycles. The number of hydrogen-bond donors (Lipinski definition) is 2. The number of nitrogens with one attached hydrogen (secondary N) is 1. The lowest BCUT2D eigenvalue weighted by molar-refractivity contribution is 0.112. The molecule has 0 bridgehead atoms. The van der Waals surface area contributed by atoms with Crippen LogP contribution in [0.25, 0.3) is 11.1 Å². The molecule has 0 saturated carbocycles. The van der Waals surface area contributed by atoms with Crippen molar-refractivity contribution in [1.82, 2.24) is 5.32 Å². The average Bonchev–Trinajstić information content (AvgIpc) is 2.76. The second kappa shape index (κ2) is 9.37. The van der Waals surface area contributed by atoms with Gasteiger partial charge in [0.15, 0.2) is 11.5 Å². The van der Waals surface area contributed by atoms with Crippen LogP contribution in [-0.2, 0) is 6.54 Å². The van der Waals surface area contributed by atoms with Crippen molar-refractivity contribution in [2.24, 2.45) is 0 Å². The molecule has 1 aliphatic carbocycles. The predicted octanol–water partition coefficient (Wildman–Crippen LogP) is 4.49. The molecule has 0 radical (unpaired) electrons. The molecule has 2 aromatic carbocycles. The van der Waals surface area contributed by atoms with Gasteiger partial charge in [0.25, 0.3) is 0 Å². The minimum Gasteiger partial charge on any atom is -0.496 e. The van der Waals surface area contributed by atoms with Gasteiger partial charge < -0.3 is 24.6 Å². The van der Waals surface area contributed by atoms with E-state index in [4.69, 9.17) is 14.2 Å². The number of aliphatic hydroxyl groups is 1. The fraction of sp³-hybridized carbons (Fsp3) is 0.360. The molecule has 1 aliphatic rings. The predicted molar refractivity (Wildman–Crippen MR) is 120 cm³/mol. The summed E-state index contributed by atoms with van der Waals surface area (Å²) in [5.74, 6) is 2.17. The highest BCUT2D eigenvalue weighted by molar-refractivity contribution is 5.73. The molecule has 30 heavy (non-hydrogen) atoms. The van der Waals surface area contributed by atoms with Gasteiger partial charge in [0.2, 0.25) is 0 Å². The lowest BCUT2D eigenvalue weighted by Crippen LogP contribution is -2.31. The van der Waals surface area contributed by atoms with Crippen LogP contribution in [0.1, 0.15) is 25.8 Å². The zero-order valence-electron chi connectivity index (χ0n) is 18.4. The Morgan fingerprint density at radius 1 is 1.00 bits per heavy atom. The normalized spacial score (nSPS) is 19.2. The van der Waals surface area contributed by atoms with Crippen LogP contribution < -0.4 is 19.5 Å². The number of methoxy groups -OCH3 is 3. The fourth-order valence-electron chi connectivity index (χ4n) is 3.65. The quantitative estimate of drug-likeness (QED) is 0.673. The maximum atomic E-state index is 10.3. The van der Waals surface area contributed by atoms with E-state index < -0.39 is 5.60 Å². The van der Waals surface area contributed by atoms with Crippen LogP contribution in [0.4, 0.5) is 0 Å². The molecule has 0 fully saturated rings. The summed E-state index contributed by atoms with van der Waals surface area (Å²) in [6, 6.07) is 12.1. The summed E-state index contributed by atoms with van der Waals surface area (Å²) >= 11 is 0. The van der Waals surface area contributed by atoms with Gasteiger partial charge in [-0.1, -0.05) is 24.3 Å². The topological polar surface area (TPSA) is 60.0 Å². The van der Waals surface area contributed by atoms with E-state index >= 15 is 0 Å². The standard InChI is InChI=1S/C25H31NO4/c1-17(20-7-6-12-25(2,27)15-20)26-16-18-8-10-22(28-3)21(13-18)19-9-11-23(29-4)24(14-19)30-5/h6-11,13-15,17,26-27H,12,16H2,1-5H3/t17-,25?/m1/s1. The van der Waals surface area contributed by atoms with Gasteiger partial charge in [-0.15, -0.1) is 0 Å². The van der Waals surface area contributed by atoms with Gasteiger partial charge in [0.1, 0.15) is 5.75 Å². The van der Waals surface area contributed by atoms with E-state index in [1.807, 2.05) is 43.3 Å². The molecule has 160 valence electrons. The summed E-state index contributed by atoms with van der Waals surface area (Å²) < 4.78 is 16.4. The van der Waals surface area contributed by atoms with Crippen LogP contribution >= 0.6 is 0 Å². The number of ether oxygens (including phenoxy) is 3. The van der Waals surface area contributed by atoms with Crippen LogP contribution in [0.2, 0.25) is 0 Å². The Labute approximate surface area is 179 Å². The van der Waals surface area contributed by atoms with E-state index in [9.17, 15) is 5.11 Å². The molecule has 3 rings (SSSR count). The summed E-state index contributed by atoms with van der Waals surface area (Å²) in [5.41, 5.74) is 3.44. The third-order valence-corrected chi connectivity index (χ3v) is 5.39. The molecular weight excluding hydrogens is 378 g/mol. The zero-order valence-corrected chi connectivity index (χ0v) is 18.4. The Morgan fingerprint density at radius 2 is 1.70 bits per heavy atom. The van der Waals surface area contributed by atoms with E-state index in [0.717, 1.165) is 28.0 Å². The Bertz CT molecular complexity index is 946. The average molecular weight is 410 g/mol. The summed E-state index contributed by atoms with van der Waals surface area (Å²) in [4.78, 5) is 0. The summed E-state index contributed by atoms with van der Waals surface area (Å²) in [6.07, 6.45) is 6.69. The van der Waals surface area contributed by atoms with Gasteiger partial charge in [-0.3, -0.25) is 0 Å². The molecule has 2 N–H and O–H groups in total. The fourth-order valence-corrected chi connectivity index (χ4v) is 3.65. The lowest BCUT2D eigenvalue weighted by atomic mass is 9.90. The molecule has 5 heteroatoms. The van der Waals surface area contributed by atoms with Crippen molar-refractivity contribution in [2.45, 2.75) is 38.5 Å². The van der Waals surface area contributed by atoms with Gasteiger partial charge in [-0.05, 0) is 67.3 Å². The highest BCUT2D eigenvalue weighted by Crippen LogP contribution is 2.37. The van der Waals surface area contributed by atoms with E-state index in [-0.39, 0.29) is 6.04 Å². The molecule has 0 saturated heterocycles. The molecular formula is C25H31NO4. The first-order valence-electron chi connectivity index (χ1n) is 10.1. The van der Waals surface area contributed by atoms with Crippen LogP contribution in [0.5, 0.6) is 17.2 Å². The maximum absolute atomic E-state index is 10.3. The van der Waals surface area contributed by atoms with E-state index in [1.165, 1.54) is 0 Å². The summed E-state index contributed by atoms with van der Waals surface area (Å²) in [6.45, 7) is 4.64. The Morgan fingerprint density at radius 3 is 2.37 bits per heavy atom. The molecule has 0 heterocycles. The van der Waals surface area contributed by atoms with Gasteiger partial charge in [0, 0.05) is 18.2 Å². The second-order valence-corrected chi connectivity index (χ2v) is 7.81. The third kappa shape index (κ3) is 5.04. The highest BCUT2D eigenvalue weighted by Gasteiger charge is 2.21. The van der Waals surface area contributed by atoms with Gasteiger partial charge in [-0.25, -0.2) is 0 Å². The second-order valence-electron chi connectivity index (χ2n) is 7.81. The number of rotatable bonds is 8. The minimum atomic E-state index is -0.777. The third-order valence-electron chi connectivity index (χ3n) is 5.39. The van der Waals surface area contributed by atoms with Crippen molar-refractivity contribution in [3.05, 3.63) is 65.8 Å². The van der Waals surface area contributed by atoms with Gasteiger partial charge in [0.05, 0.1) is 26.9 Å². The summed E-state index contributed by atoms with van der Waals surface area (Å²) in [5, 5.41) is 13.8. The van der Waals surface area contributed by atoms with Crippen molar-refractivity contribution >= 4 is 0 Å². The first kappa shape index (κ1) is 21.9. The monoisotopic (exact) mass is 409 g/mol. The van der Waals surface area contributed by atoms with Crippen LogP contribution in [0.15, 0.2) is 60.2 Å². The lowest BCUT2D eigenvalue weighted by Gasteiger charge is -2.25. The molecule has 1 unspecified atom stereocenters. The Hall–Kier alpha value is -2.76. The maximum Gasteiger partial charge on any atom is 0.161 e. The van der Waals surface area contributed by atoms with Crippen molar-refractivity contribution in [1.29, 1.82) is 0 Å². The largest absolute Gasteiger partial charge is 0.496 e. The van der Waals surface area contributed by atoms with E-state index in [2.05, 4.69) is 30.4 Å². The van der Waals surface area contributed by atoms with Gasteiger partial charge in [-0.2, -0.15) is 0 Å². The van der Waals surface area contributed by atoms with Crippen LogP contribution in [0.3, 0.4) is 0 Å². The van der Waals surface area contributed by atoms with E-state index in [1.54, 1.807) is 21.3 Å². The van der Waals surface area contributed by atoms with Gasteiger partial charge >= 0.3 is 0 Å². The Balaban J connectivity index is 1.81. The van der Waals surface area contributed by atoms with Crippen LogP contribution in [0, 0.1) is 0 Å². The van der Waals surface area contributed by atoms with Crippen molar-refractivity contribution in [3.8, 4) is 28.4 Å². The van der Waals surface area contributed by atoms with E-state index in [0.29, 0.717) is 24.5 Å². The Kier molecular flexibility index (Phi) is 6.85. The van der Waals surface area contributed by atoms with Crippen molar-refractivity contribution in [2.75, 3.05) is 21.3 Å². The summed E-state index contributed by atoms with van der Waals surface area (Å²) in [7, 11) is 4.93. The first-order valence-corrected chi connectivity index (χ1v) is 10.1. The smallest absolute Gasteiger partial charge is 0.161 e. The zero-order chi connectivity index (χ0) is 21.7. The SMILES string of the molecule is COc1ccc(-c2cc(CN[C@H](C)C3=CC(C)(O)CC=C3)ccc2OC)cc1OC. The van der Waals surface area contributed by atoms with Crippen molar-refractivity contribution in [3.63, 3.8) is 0 Å². The molecule has 0 aliphatic heterocycles. The molecule has 2 atom stereocenters.